The number of carbonyl (C=O) groups is 3. The van der Waals surface area contributed by atoms with Gasteiger partial charge in [0.05, 0.1) is 12.2 Å². The van der Waals surface area contributed by atoms with Crippen LogP contribution in [0.3, 0.4) is 0 Å². The zero-order valence-corrected chi connectivity index (χ0v) is 29.4. The van der Waals surface area contributed by atoms with Crippen molar-refractivity contribution in [3.05, 3.63) is 107 Å². The first-order valence-electron chi connectivity index (χ1n) is 14.9. The molecule has 1 aromatic heterocycles. The fourth-order valence-corrected chi connectivity index (χ4v) is 5.35. The van der Waals surface area contributed by atoms with Gasteiger partial charge in [-0.15, -0.1) is 0 Å². The molecule has 0 aliphatic rings. The standard InChI is InChI=1S/C36H37F2N3O6.Na/c1-21(2)41-30(17-16-28(42)19-29(43)20-31(44)45)32(22-8-12-25(37)13-9-22)33(23-10-14-26(38)15-11-23)34(41)35(46)39-27-7-5-6-24(18-27)36(47)40(3)4;/h5-18,21,28-29,42-43H,19-20H2,1-4H3,(H,39,46)(H,44,45);/q;+1/p-1/b17-16+;/t28-,29-;/m1./s1. The minimum absolute atomic E-state index is 0. The summed E-state index contributed by atoms with van der Waals surface area (Å²) in [7, 11) is 3.23. The number of hydrogen-bond acceptors (Lipinski definition) is 6. The van der Waals surface area contributed by atoms with E-state index in [9.17, 15) is 38.5 Å². The summed E-state index contributed by atoms with van der Waals surface area (Å²) in [5.74, 6) is -3.25. The van der Waals surface area contributed by atoms with Crippen molar-refractivity contribution >= 4 is 29.5 Å². The average molecular weight is 668 g/mol. The Hall–Kier alpha value is -4.13. The molecule has 0 spiro atoms. The second-order valence-electron chi connectivity index (χ2n) is 11.6. The molecule has 4 rings (SSSR count). The quantitative estimate of drug-likeness (QED) is 0.198. The van der Waals surface area contributed by atoms with Crippen LogP contribution in [0, 0.1) is 11.6 Å². The number of aliphatic hydroxyl groups excluding tert-OH is 2. The fraction of sp³-hybridized carbons (Fsp3) is 0.250. The molecule has 0 fully saturated rings. The van der Waals surface area contributed by atoms with Crippen LogP contribution in [0.5, 0.6) is 0 Å². The van der Waals surface area contributed by atoms with E-state index in [2.05, 4.69) is 5.32 Å². The molecule has 1 heterocycles. The van der Waals surface area contributed by atoms with Gasteiger partial charge in [-0.3, -0.25) is 9.59 Å². The maximum absolute atomic E-state index is 14.3. The monoisotopic (exact) mass is 667 g/mol. The van der Waals surface area contributed by atoms with Crippen LogP contribution in [-0.4, -0.2) is 63.8 Å². The Morgan fingerprint density at radius 1 is 0.917 bits per heavy atom. The Morgan fingerprint density at radius 2 is 1.48 bits per heavy atom. The van der Waals surface area contributed by atoms with Gasteiger partial charge in [0.1, 0.15) is 17.3 Å². The number of aliphatic carboxylic acids is 1. The van der Waals surface area contributed by atoms with E-state index >= 15 is 0 Å². The first kappa shape index (κ1) is 38.3. The van der Waals surface area contributed by atoms with Gasteiger partial charge < -0.3 is 34.9 Å². The second-order valence-corrected chi connectivity index (χ2v) is 11.6. The van der Waals surface area contributed by atoms with Crippen LogP contribution >= 0.6 is 0 Å². The number of amides is 2. The summed E-state index contributed by atoms with van der Waals surface area (Å²) in [6.07, 6.45) is -0.668. The minimum Gasteiger partial charge on any atom is -0.550 e. The zero-order valence-electron chi connectivity index (χ0n) is 27.4. The van der Waals surface area contributed by atoms with Crippen molar-refractivity contribution in [1.82, 2.24) is 9.47 Å². The molecule has 12 heteroatoms. The third-order valence-electron chi connectivity index (χ3n) is 7.41. The van der Waals surface area contributed by atoms with Gasteiger partial charge in [0.15, 0.2) is 0 Å². The number of nitrogens with one attached hydrogen (secondary N) is 1. The van der Waals surface area contributed by atoms with E-state index in [-0.39, 0.29) is 53.6 Å². The van der Waals surface area contributed by atoms with Gasteiger partial charge in [-0.1, -0.05) is 36.4 Å². The smallest absolute Gasteiger partial charge is 0.550 e. The number of benzene rings is 3. The van der Waals surface area contributed by atoms with Crippen LogP contribution in [0.2, 0.25) is 0 Å². The van der Waals surface area contributed by atoms with E-state index in [1.165, 1.54) is 59.5 Å². The number of halogens is 2. The van der Waals surface area contributed by atoms with E-state index in [1.54, 1.807) is 49.0 Å². The number of hydrogen-bond donors (Lipinski definition) is 3. The number of nitrogens with zero attached hydrogens (tertiary/aromatic N) is 2. The van der Waals surface area contributed by atoms with Crippen molar-refractivity contribution < 1.29 is 68.0 Å². The topological polar surface area (TPSA) is 135 Å². The summed E-state index contributed by atoms with van der Waals surface area (Å²) < 4.78 is 30.0. The molecule has 0 aliphatic heterocycles. The molecule has 0 radical (unpaired) electrons. The first-order chi connectivity index (χ1) is 22.3. The van der Waals surface area contributed by atoms with Crippen molar-refractivity contribution in [2.75, 3.05) is 19.4 Å². The molecule has 2 atom stereocenters. The van der Waals surface area contributed by atoms with Crippen molar-refractivity contribution in [2.24, 2.45) is 0 Å². The molecule has 3 aromatic carbocycles. The molecule has 0 bridgehead atoms. The molecular formula is C36H36F2N3NaO6. The second kappa shape index (κ2) is 16.8. The van der Waals surface area contributed by atoms with Gasteiger partial charge in [0.25, 0.3) is 11.8 Å². The van der Waals surface area contributed by atoms with Crippen LogP contribution in [0.4, 0.5) is 14.5 Å². The Balaban J connectivity index is 0.00000625. The molecule has 0 unspecified atom stereocenters. The summed E-state index contributed by atoms with van der Waals surface area (Å²) in [5.41, 5.74) is 3.18. The minimum atomic E-state index is -1.46. The van der Waals surface area contributed by atoms with Crippen LogP contribution in [-0.2, 0) is 4.79 Å². The molecule has 4 aromatic rings. The van der Waals surface area contributed by atoms with Crippen molar-refractivity contribution in [3.8, 4) is 22.3 Å². The van der Waals surface area contributed by atoms with E-state index < -0.39 is 42.1 Å². The van der Waals surface area contributed by atoms with Gasteiger partial charge in [-0.25, -0.2) is 8.78 Å². The maximum Gasteiger partial charge on any atom is 1.00 e. The normalized spacial score (nSPS) is 12.4. The maximum atomic E-state index is 14.3. The van der Waals surface area contributed by atoms with Crippen molar-refractivity contribution in [1.29, 1.82) is 0 Å². The molecular weight excluding hydrogens is 631 g/mol. The van der Waals surface area contributed by atoms with E-state index in [1.807, 2.05) is 13.8 Å². The molecule has 48 heavy (non-hydrogen) atoms. The Morgan fingerprint density at radius 3 is 2.00 bits per heavy atom. The predicted octanol–water partition coefficient (Wildman–Crippen LogP) is 1.90. The van der Waals surface area contributed by atoms with E-state index in [0.29, 0.717) is 39.2 Å². The number of carbonyl (C=O) groups excluding carboxylic acids is 3. The van der Waals surface area contributed by atoms with Crippen LogP contribution in [0.25, 0.3) is 28.3 Å². The number of anilines is 1. The van der Waals surface area contributed by atoms with E-state index in [4.69, 9.17) is 0 Å². The summed E-state index contributed by atoms with van der Waals surface area (Å²) in [6, 6.07) is 17.3. The number of aliphatic hydroxyl groups is 2. The summed E-state index contributed by atoms with van der Waals surface area (Å²) in [4.78, 5) is 39.3. The van der Waals surface area contributed by atoms with Gasteiger partial charge in [-0.2, -0.15) is 0 Å². The molecule has 0 aliphatic carbocycles. The van der Waals surface area contributed by atoms with Crippen molar-refractivity contribution in [2.45, 2.75) is 44.9 Å². The largest absolute Gasteiger partial charge is 1.00 e. The SMILES string of the molecule is CC(C)n1c(/C=C/[C@@H](O)C[C@@H](O)CC(=O)[O-])c(-c2ccc(F)cc2)c(-c2ccc(F)cc2)c1C(=O)Nc1cccc(C(=O)N(C)C)c1.[Na+]. The summed E-state index contributed by atoms with van der Waals surface area (Å²) in [6.45, 7) is 3.68. The van der Waals surface area contributed by atoms with Crippen molar-refractivity contribution in [3.63, 3.8) is 0 Å². The van der Waals surface area contributed by atoms with E-state index in [0.717, 1.165) is 0 Å². The molecule has 0 saturated carbocycles. The molecule has 0 saturated heterocycles. The van der Waals surface area contributed by atoms with Gasteiger partial charge >= 0.3 is 29.6 Å². The third kappa shape index (κ3) is 9.27. The molecule has 3 N–H and O–H groups in total. The van der Waals surface area contributed by atoms with Crippen LogP contribution < -0.4 is 40.0 Å². The number of carboxylic acids is 1. The molecule has 9 nitrogen and oxygen atoms in total. The molecule has 2 amide bonds. The number of aromatic nitrogens is 1. The predicted molar refractivity (Wildman–Crippen MR) is 173 cm³/mol. The Labute approximate surface area is 299 Å². The molecule has 246 valence electrons. The summed E-state index contributed by atoms with van der Waals surface area (Å²) >= 11 is 0. The van der Waals surface area contributed by atoms with Gasteiger partial charge in [0, 0.05) is 67.0 Å². The Kier molecular flexibility index (Phi) is 13.4. The van der Waals surface area contributed by atoms with Gasteiger partial charge in [-0.05, 0) is 73.5 Å². The first-order valence-corrected chi connectivity index (χ1v) is 14.9. The zero-order chi connectivity index (χ0) is 34.4. The van der Waals surface area contributed by atoms with Gasteiger partial charge in [0.2, 0.25) is 0 Å². The van der Waals surface area contributed by atoms with Crippen LogP contribution in [0.1, 0.15) is 59.3 Å². The summed E-state index contributed by atoms with van der Waals surface area (Å²) in [5, 5.41) is 34.5. The fourth-order valence-electron chi connectivity index (χ4n) is 5.35. The third-order valence-corrected chi connectivity index (χ3v) is 7.41. The Bertz CT molecular complexity index is 1790. The number of carboxylic acid groups (broad SMARTS) is 1. The van der Waals surface area contributed by atoms with Crippen LogP contribution in [0.15, 0.2) is 78.9 Å². The number of rotatable bonds is 12. The average Bonchev–Trinajstić information content (AvgIpc) is 3.35.